The van der Waals surface area contributed by atoms with Crippen molar-refractivity contribution < 1.29 is 9.53 Å². The van der Waals surface area contributed by atoms with Crippen molar-refractivity contribution in [1.29, 1.82) is 0 Å². The minimum atomic E-state index is 0.0289. The van der Waals surface area contributed by atoms with Crippen molar-refractivity contribution in [2.45, 2.75) is 25.9 Å². The van der Waals surface area contributed by atoms with E-state index in [2.05, 4.69) is 5.10 Å². The second-order valence-corrected chi connectivity index (χ2v) is 5.60. The number of benzene rings is 1. The van der Waals surface area contributed by atoms with E-state index >= 15 is 0 Å². The smallest absolute Gasteiger partial charge is 0.274 e. The van der Waals surface area contributed by atoms with Gasteiger partial charge in [-0.3, -0.25) is 9.48 Å². The first-order chi connectivity index (χ1) is 10.7. The standard InChI is InChI=1S/C17H21N3O2/c1-19-14(13-22-15-8-4-2-5-9-15)12-16(18-19)17(21)20-10-6-3-7-11-20/h2,4-5,8-9,12H,3,6-7,10-11,13H2,1H3. The van der Waals surface area contributed by atoms with Gasteiger partial charge in [0, 0.05) is 20.1 Å². The summed E-state index contributed by atoms with van der Waals surface area (Å²) in [6, 6.07) is 11.5. The van der Waals surface area contributed by atoms with Crippen LogP contribution in [-0.4, -0.2) is 33.7 Å². The molecule has 0 bridgehead atoms. The van der Waals surface area contributed by atoms with E-state index in [-0.39, 0.29) is 5.91 Å². The summed E-state index contributed by atoms with van der Waals surface area (Å²) in [4.78, 5) is 14.3. The zero-order chi connectivity index (χ0) is 15.4. The first-order valence-corrected chi connectivity index (χ1v) is 7.74. The van der Waals surface area contributed by atoms with Gasteiger partial charge in [-0.2, -0.15) is 5.10 Å². The van der Waals surface area contributed by atoms with Crippen LogP contribution < -0.4 is 4.74 Å². The van der Waals surface area contributed by atoms with Gasteiger partial charge in [0.25, 0.3) is 5.91 Å². The summed E-state index contributed by atoms with van der Waals surface area (Å²) >= 11 is 0. The van der Waals surface area contributed by atoms with Gasteiger partial charge in [0.05, 0.1) is 5.69 Å². The van der Waals surface area contributed by atoms with Crippen molar-refractivity contribution in [1.82, 2.24) is 14.7 Å². The van der Waals surface area contributed by atoms with Gasteiger partial charge in [0.15, 0.2) is 5.69 Å². The summed E-state index contributed by atoms with van der Waals surface area (Å²) < 4.78 is 7.45. The van der Waals surface area contributed by atoms with Crippen molar-refractivity contribution in [3.63, 3.8) is 0 Å². The van der Waals surface area contributed by atoms with E-state index in [9.17, 15) is 4.79 Å². The quantitative estimate of drug-likeness (QED) is 0.872. The van der Waals surface area contributed by atoms with Crippen LogP contribution in [0.15, 0.2) is 36.4 Å². The molecule has 0 saturated carbocycles. The molecule has 1 aromatic heterocycles. The topological polar surface area (TPSA) is 47.4 Å². The summed E-state index contributed by atoms with van der Waals surface area (Å²) in [5, 5.41) is 4.34. The Bertz CT molecular complexity index is 631. The van der Waals surface area contributed by atoms with Crippen LogP contribution in [0.4, 0.5) is 0 Å². The highest BCUT2D eigenvalue weighted by Gasteiger charge is 2.21. The average molecular weight is 299 g/mol. The maximum atomic E-state index is 12.4. The fourth-order valence-corrected chi connectivity index (χ4v) is 2.68. The lowest BCUT2D eigenvalue weighted by molar-refractivity contribution is 0.0717. The predicted octanol–water partition coefficient (Wildman–Crippen LogP) is 2.63. The number of hydrogen-bond acceptors (Lipinski definition) is 3. The molecular formula is C17H21N3O2. The van der Waals surface area contributed by atoms with Crippen molar-refractivity contribution in [3.8, 4) is 5.75 Å². The number of nitrogens with zero attached hydrogens (tertiary/aromatic N) is 3. The van der Waals surface area contributed by atoms with Gasteiger partial charge in [0.1, 0.15) is 12.4 Å². The molecule has 0 aliphatic carbocycles. The molecule has 0 N–H and O–H groups in total. The maximum Gasteiger partial charge on any atom is 0.274 e. The van der Waals surface area contributed by atoms with Gasteiger partial charge < -0.3 is 9.64 Å². The van der Waals surface area contributed by atoms with Crippen molar-refractivity contribution >= 4 is 5.91 Å². The Morgan fingerprint density at radius 2 is 1.91 bits per heavy atom. The molecule has 1 aliphatic heterocycles. The third-order valence-electron chi connectivity index (χ3n) is 3.97. The third-order valence-corrected chi connectivity index (χ3v) is 3.97. The molecule has 22 heavy (non-hydrogen) atoms. The molecule has 0 atom stereocenters. The minimum Gasteiger partial charge on any atom is -0.487 e. The van der Waals surface area contributed by atoms with E-state index < -0.39 is 0 Å². The van der Waals surface area contributed by atoms with Crippen LogP contribution in [0.2, 0.25) is 0 Å². The number of rotatable bonds is 4. The average Bonchev–Trinajstić information content (AvgIpc) is 2.95. The zero-order valence-corrected chi connectivity index (χ0v) is 12.9. The molecule has 2 heterocycles. The summed E-state index contributed by atoms with van der Waals surface area (Å²) in [5.74, 6) is 0.842. The lowest BCUT2D eigenvalue weighted by Crippen LogP contribution is -2.35. The SMILES string of the molecule is Cn1nc(C(=O)N2CCCCC2)cc1COc1ccccc1. The van der Waals surface area contributed by atoms with Gasteiger partial charge >= 0.3 is 0 Å². The number of aromatic nitrogens is 2. The predicted molar refractivity (Wildman–Crippen MR) is 83.7 cm³/mol. The van der Waals surface area contributed by atoms with E-state index in [0.717, 1.165) is 37.4 Å². The van der Waals surface area contributed by atoms with E-state index in [4.69, 9.17) is 4.74 Å². The monoisotopic (exact) mass is 299 g/mol. The first kappa shape index (κ1) is 14.6. The number of piperidine rings is 1. The number of hydrogen-bond donors (Lipinski definition) is 0. The number of para-hydroxylation sites is 1. The Balaban J connectivity index is 1.66. The van der Waals surface area contributed by atoms with Gasteiger partial charge in [-0.15, -0.1) is 0 Å². The molecule has 3 rings (SSSR count). The number of carbonyl (C=O) groups excluding carboxylic acids is 1. The fraction of sp³-hybridized carbons (Fsp3) is 0.412. The Morgan fingerprint density at radius 1 is 1.18 bits per heavy atom. The summed E-state index contributed by atoms with van der Waals surface area (Å²) in [6.07, 6.45) is 3.38. The third kappa shape index (κ3) is 3.30. The number of likely N-dealkylation sites (tertiary alicyclic amines) is 1. The lowest BCUT2D eigenvalue weighted by atomic mass is 10.1. The second-order valence-electron chi connectivity index (χ2n) is 5.60. The molecule has 0 unspecified atom stereocenters. The van der Waals surface area contributed by atoms with Gasteiger partial charge in [-0.1, -0.05) is 18.2 Å². The Kier molecular flexibility index (Phi) is 4.42. The van der Waals surface area contributed by atoms with Crippen LogP contribution in [0.25, 0.3) is 0 Å². The molecule has 5 heteroatoms. The van der Waals surface area contributed by atoms with Crippen LogP contribution in [0.1, 0.15) is 35.4 Å². The van der Waals surface area contributed by atoms with Crippen LogP contribution in [0, 0.1) is 0 Å². The van der Waals surface area contributed by atoms with Gasteiger partial charge in [0.2, 0.25) is 0 Å². The largest absolute Gasteiger partial charge is 0.487 e. The molecule has 0 spiro atoms. The first-order valence-electron chi connectivity index (χ1n) is 7.74. The van der Waals surface area contributed by atoms with Gasteiger partial charge in [-0.25, -0.2) is 0 Å². The highest BCUT2D eigenvalue weighted by molar-refractivity contribution is 5.92. The molecule has 1 aliphatic rings. The Hall–Kier alpha value is -2.30. The number of amides is 1. The van der Waals surface area contributed by atoms with Crippen molar-refractivity contribution in [3.05, 3.63) is 47.8 Å². The van der Waals surface area contributed by atoms with E-state index in [1.807, 2.05) is 48.3 Å². The summed E-state index contributed by atoms with van der Waals surface area (Å²) in [5.41, 5.74) is 1.40. The van der Waals surface area contributed by atoms with Crippen molar-refractivity contribution in [2.24, 2.45) is 7.05 Å². The zero-order valence-electron chi connectivity index (χ0n) is 12.9. The molecule has 0 radical (unpaired) electrons. The van der Waals surface area contributed by atoms with Crippen LogP contribution in [0.5, 0.6) is 5.75 Å². The Labute approximate surface area is 130 Å². The highest BCUT2D eigenvalue weighted by atomic mass is 16.5. The normalized spacial score (nSPS) is 14.9. The molecule has 1 amide bonds. The molecule has 5 nitrogen and oxygen atoms in total. The maximum absolute atomic E-state index is 12.4. The molecular weight excluding hydrogens is 278 g/mol. The van der Waals surface area contributed by atoms with E-state index in [1.54, 1.807) is 4.68 Å². The summed E-state index contributed by atoms with van der Waals surface area (Å²) in [7, 11) is 1.84. The second kappa shape index (κ2) is 6.64. The fourth-order valence-electron chi connectivity index (χ4n) is 2.68. The molecule has 1 saturated heterocycles. The molecule has 1 aromatic carbocycles. The number of aryl methyl sites for hydroxylation is 1. The molecule has 2 aromatic rings. The van der Waals surface area contributed by atoms with Crippen LogP contribution in [-0.2, 0) is 13.7 Å². The lowest BCUT2D eigenvalue weighted by Gasteiger charge is -2.25. The number of carbonyl (C=O) groups is 1. The van der Waals surface area contributed by atoms with Gasteiger partial charge in [-0.05, 0) is 37.5 Å². The highest BCUT2D eigenvalue weighted by Crippen LogP contribution is 2.15. The molecule has 1 fully saturated rings. The number of ether oxygens (including phenoxy) is 1. The van der Waals surface area contributed by atoms with Crippen LogP contribution in [0.3, 0.4) is 0 Å². The van der Waals surface area contributed by atoms with E-state index in [0.29, 0.717) is 12.3 Å². The van der Waals surface area contributed by atoms with E-state index in [1.165, 1.54) is 6.42 Å². The minimum absolute atomic E-state index is 0.0289. The van der Waals surface area contributed by atoms with Crippen molar-refractivity contribution in [2.75, 3.05) is 13.1 Å². The van der Waals surface area contributed by atoms with Crippen LogP contribution >= 0.6 is 0 Å². The summed E-state index contributed by atoms with van der Waals surface area (Å²) in [6.45, 7) is 2.08. The molecule has 116 valence electrons. The Morgan fingerprint density at radius 3 is 2.64 bits per heavy atom.